The van der Waals surface area contributed by atoms with Crippen LogP contribution >= 0.6 is 0 Å². The van der Waals surface area contributed by atoms with E-state index >= 15 is 0 Å². The molecule has 1 atom stereocenters. The molecule has 0 rings (SSSR count). The van der Waals surface area contributed by atoms with Crippen LogP contribution in [0.15, 0.2) is 0 Å². The van der Waals surface area contributed by atoms with E-state index in [1.54, 1.807) is 0 Å². The number of aliphatic hydroxyl groups is 1. The summed E-state index contributed by atoms with van der Waals surface area (Å²) in [6.45, 7) is 8.46. The van der Waals surface area contributed by atoms with Gasteiger partial charge in [0.15, 0.2) is 0 Å². The van der Waals surface area contributed by atoms with Crippen molar-refractivity contribution in [1.82, 2.24) is 0 Å². The minimum Gasteiger partial charge on any atom is -0.394 e. The minimum absolute atomic E-state index is 0.0570. The van der Waals surface area contributed by atoms with Crippen LogP contribution in [-0.4, -0.2) is 64.1 Å². The van der Waals surface area contributed by atoms with Crippen LogP contribution in [-0.2, 0) is 18.9 Å². The maximum absolute atomic E-state index is 8.58. The fourth-order valence-electron chi connectivity index (χ4n) is 2.97. The Morgan fingerprint density at radius 3 is 1.52 bits per heavy atom. The molecule has 0 heterocycles. The van der Waals surface area contributed by atoms with Gasteiger partial charge in [-0.15, -0.1) is 0 Å². The first-order valence-corrected chi connectivity index (χ1v) is 11.3. The van der Waals surface area contributed by atoms with Crippen molar-refractivity contribution in [2.75, 3.05) is 52.9 Å². The molecule has 0 aromatic heterocycles. The Labute approximate surface area is 168 Å². The van der Waals surface area contributed by atoms with Crippen molar-refractivity contribution >= 4 is 0 Å². The highest BCUT2D eigenvalue weighted by molar-refractivity contribution is 4.60. The van der Waals surface area contributed by atoms with E-state index < -0.39 is 0 Å². The van der Waals surface area contributed by atoms with Gasteiger partial charge >= 0.3 is 0 Å². The SMILES string of the molecule is CCCCCCCC(CCCCCC)OCCOCCOCCOCCO. The molecule has 0 fully saturated rings. The zero-order valence-electron chi connectivity index (χ0n) is 18.1. The maximum Gasteiger partial charge on any atom is 0.0704 e. The average Bonchev–Trinajstić information content (AvgIpc) is 2.68. The predicted octanol–water partition coefficient (Wildman–Crippen LogP) is 4.74. The smallest absolute Gasteiger partial charge is 0.0704 e. The second-order valence-corrected chi connectivity index (χ2v) is 7.11. The third-order valence-electron chi connectivity index (χ3n) is 4.57. The molecule has 5 nitrogen and oxygen atoms in total. The lowest BCUT2D eigenvalue weighted by molar-refractivity contribution is -0.0246. The van der Waals surface area contributed by atoms with Gasteiger partial charge in [0.05, 0.1) is 59.0 Å². The van der Waals surface area contributed by atoms with E-state index in [1.807, 2.05) is 0 Å². The first-order chi connectivity index (χ1) is 13.3. The molecule has 0 amide bonds. The van der Waals surface area contributed by atoms with Gasteiger partial charge in [0.25, 0.3) is 0 Å². The lowest BCUT2D eigenvalue weighted by Crippen LogP contribution is -2.18. The van der Waals surface area contributed by atoms with E-state index in [9.17, 15) is 0 Å². The fraction of sp³-hybridized carbons (Fsp3) is 1.00. The van der Waals surface area contributed by atoms with Gasteiger partial charge < -0.3 is 24.1 Å². The Hall–Kier alpha value is -0.200. The molecule has 0 aliphatic carbocycles. The number of aliphatic hydroxyl groups excluding tert-OH is 1. The number of ether oxygens (including phenoxy) is 4. The molecule has 0 saturated carbocycles. The molecular formula is C22H46O5. The van der Waals surface area contributed by atoms with E-state index in [-0.39, 0.29) is 6.61 Å². The van der Waals surface area contributed by atoms with E-state index in [1.165, 1.54) is 70.6 Å². The van der Waals surface area contributed by atoms with Crippen molar-refractivity contribution in [3.8, 4) is 0 Å². The zero-order chi connectivity index (χ0) is 19.8. The van der Waals surface area contributed by atoms with E-state index in [4.69, 9.17) is 24.1 Å². The molecule has 0 aliphatic heterocycles. The molecule has 0 radical (unpaired) electrons. The normalized spacial score (nSPS) is 12.6. The molecule has 0 bridgehead atoms. The molecule has 0 aliphatic rings. The lowest BCUT2D eigenvalue weighted by Gasteiger charge is -2.18. The second-order valence-electron chi connectivity index (χ2n) is 7.11. The molecule has 5 heteroatoms. The maximum atomic E-state index is 8.58. The first kappa shape index (κ1) is 26.8. The molecular weight excluding hydrogens is 344 g/mol. The highest BCUT2D eigenvalue weighted by Gasteiger charge is 2.09. The summed E-state index contributed by atoms with van der Waals surface area (Å²) < 4.78 is 22.2. The summed E-state index contributed by atoms with van der Waals surface area (Å²) in [6.07, 6.45) is 14.6. The van der Waals surface area contributed by atoms with Gasteiger partial charge in [-0.05, 0) is 12.8 Å². The summed E-state index contributed by atoms with van der Waals surface area (Å²) >= 11 is 0. The standard InChI is InChI=1S/C22H46O5/c1-3-5-7-9-11-13-22(12-10-8-6-4-2)27-21-20-26-19-18-25-17-16-24-15-14-23/h22-23H,3-21H2,1-2H3. The molecule has 1 N–H and O–H groups in total. The Kier molecular flexibility index (Phi) is 23.7. The Balaban J connectivity index is 3.61. The van der Waals surface area contributed by atoms with E-state index in [2.05, 4.69) is 13.8 Å². The summed E-state index contributed by atoms with van der Waals surface area (Å²) in [5, 5.41) is 8.58. The zero-order valence-corrected chi connectivity index (χ0v) is 18.1. The highest BCUT2D eigenvalue weighted by atomic mass is 16.6. The topological polar surface area (TPSA) is 57.2 Å². The summed E-state index contributed by atoms with van der Waals surface area (Å²) in [6, 6.07) is 0. The minimum atomic E-state index is 0.0570. The van der Waals surface area contributed by atoms with E-state index in [0.717, 1.165) is 0 Å². The third-order valence-corrected chi connectivity index (χ3v) is 4.57. The number of rotatable bonds is 23. The molecule has 0 saturated heterocycles. The van der Waals surface area contributed by atoms with E-state index in [0.29, 0.717) is 52.4 Å². The van der Waals surface area contributed by atoms with Gasteiger partial charge in [-0.3, -0.25) is 0 Å². The predicted molar refractivity (Wildman–Crippen MR) is 111 cm³/mol. The molecule has 1 unspecified atom stereocenters. The summed E-state index contributed by atoms with van der Waals surface area (Å²) in [5.41, 5.74) is 0. The summed E-state index contributed by atoms with van der Waals surface area (Å²) in [4.78, 5) is 0. The van der Waals surface area contributed by atoms with Crippen molar-refractivity contribution in [3.05, 3.63) is 0 Å². The lowest BCUT2D eigenvalue weighted by atomic mass is 10.0. The van der Waals surface area contributed by atoms with Gasteiger partial charge in [-0.1, -0.05) is 71.6 Å². The Morgan fingerprint density at radius 1 is 0.556 bits per heavy atom. The molecule has 0 aromatic rings. The van der Waals surface area contributed by atoms with Gasteiger partial charge in [0, 0.05) is 0 Å². The Bertz CT molecular complexity index is 263. The third kappa shape index (κ3) is 22.0. The van der Waals surface area contributed by atoms with Crippen LogP contribution < -0.4 is 0 Å². The highest BCUT2D eigenvalue weighted by Crippen LogP contribution is 2.15. The van der Waals surface area contributed by atoms with Crippen LogP contribution in [0.1, 0.15) is 84.5 Å². The monoisotopic (exact) mass is 390 g/mol. The van der Waals surface area contributed by atoms with Crippen LogP contribution in [0.5, 0.6) is 0 Å². The van der Waals surface area contributed by atoms with Crippen molar-refractivity contribution < 1.29 is 24.1 Å². The van der Waals surface area contributed by atoms with Crippen molar-refractivity contribution in [2.45, 2.75) is 90.6 Å². The second kappa shape index (κ2) is 23.8. The van der Waals surface area contributed by atoms with Gasteiger partial charge in [-0.2, -0.15) is 0 Å². The molecule has 0 spiro atoms. The van der Waals surface area contributed by atoms with Gasteiger partial charge in [-0.25, -0.2) is 0 Å². The Morgan fingerprint density at radius 2 is 1.00 bits per heavy atom. The fourth-order valence-corrected chi connectivity index (χ4v) is 2.97. The van der Waals surface area contributed by atoms with Crippen molar-refractivity contribution in [1.29, 1.82) is 0 Å². The first-order valence-electron chi connectivity index (χ1n) is 11.3. The van der Waals surface area contributed by atoms with Crippen molar-refractivity contribution in [3.63, 3.8) is 0 Å². The quantitative estimate of drug-likeness (QED) is 0.255. The summed E-state index contributed by atoms with van der Waals surface area (Å²) in [7, 11) is 0. The van der Waals surface area contributed by atoms with Gasteiger partial charge in [0.2, 0.25) is 0 Å². The van der Waals surface area contributed by atoms with Crippen LogP contribution in [0.25, 0.3) is 0 Å². The molecule has 0 aromatic carbocycles. The number of unbranched alkanes of at least 4 members (excludes halogenated alkanes) is 7. The van der Waals surface area contributed by atoms with Crippen LogP contribution in [0.4, 0.5) is 0 Å². The van der Waals surface area contributed by atoms with Gasteiger partial charge in [0.1, 0.15) is 0 Å². The van der Waals surface area contributed by atoms with Crippen LogP contribution in [0, 0.1) is 0 Å². The molecule has 164 valence electrons. The van der Waals surface area contributed by atoms with Crippen molar-refractivity contribution in [2.24, 2.45) is 0 Å². The van der Waals surface area contributed by atoms with Crippen LogP contribution in [0.2, 0.25) is 0 Å². The van der Waals surface area contributed by atoms with Crippen LogP contribution in [0.3, 0.4) is 0 Å². The number of hydrogen-bond acceptors (Lipinski definition) is 5. The average molecular weight is 391 g/mol. The number of hydrogen-bond donors (Lipinski definition) is 1. The largest absolute Gasteiger partial charge is 0.394 e. The molecule has 27 heavy (non-hydrogen) atoms. The summed E-state index contributed by atoms with van der Waals surface area (Å²) in [5.74, 6) is 0.